The van der Waals surface area contributed by atoms with E-state index in [0.29, 0.717) is 128 Å². The van der Waals surface area contributed by atoms with Gasteiger partial charge >= 0.3 is 0 Å². The van der Waals surface area contributed by atoms with Crippen molar-refractivity contribution in [2.75, 3.05) is 80.9 Å². The summed E-state index contributed by atoms with van der Waals surface area (Å²) in [6, 6.07) is 61.8. The van der Waals surface area contributed by atoms with Gasteiger partial charge in [0.1, 0.15) is 16.8 Å². The molecule has 10 heterocycles. The minimum atomic E-state index is -3.23. The lowest BCUT2D eigenvalue weighted by atomic mass is 9.95. The summed E-state index contributed by atoms with van der Waals surface area (Å²) < 4.78 is 37.6. The van der Waals surface area contributed by atoms with Gasteiger partial charge in [-0.05, 0) is 174 Å². The van der Waals surface area contributed by atoms with Gasteiger partial charge in [0.25, 0.3) is 34.4 Å². The van der Waals surface area contributed by atoms with Crippen LogP contribution in [0.15, 0.2) is 246 Å². The molecule has 1 aliphatic carbocycles. The number of likely N-dealkylation sites (N-methyl/N-ethyl adjacent to an activating group) is 1. The van der Waals surface area contributed by atoms with Crippen molar-refractivity contribution in [2.24, 2.45) is 0 Å². The van der Waals surface area contributed by atoms with Gasteiger partial charge in [-0.25, -0.2) is 32.4 Å². The third-order valence-electron chi connectivity index (χ3n) is 23.2. The predicted molar refractivity (Wildman–Crippen MR) is 486 cm³/mol. The van der Waals surface area contributed by atoms with E-state index < -0.39 is 33.9 Å². The minimum Gasteiger partial charge on any atom is -0.382 e. The normalized spacial score (nSPS) is 14.7. The molecule has 28 heteroatoms. The molecule has 0 spiro atoms. The molecule has 4 N–H and O–H groups in total. The molecule has 27 nitrogen and oxygen atoms in total. The number of carbonyl (C=O) groups is 3. The van der Waals surface area contributed by atoms with Crippen LogP contribution in [0.4, 0.5) is 17.1 Å². The van der Waals surface area contributed by atoms with E-state index in [4.69, 9.17) is 4.74 Å². The molecule has 15 aromatic rings. The molecule has 0 unspecified atom stereocenters. The maximum Gasteiger partial charge on any atom is 0.272 e. The van der Waals surface area contributed by atoms with Crippen LogP contribution in [0.25, 0.3) is 71.9 Å². The van der Waals surface area contributed by atoms with Crippen molar-refractivity contribution >= 4 is 88.2 Å². The van der Waals surface area contributed by atoms with Crippen LogP contribution < -0.4 is 47.7 Å². The van der Waals surface area contributed by atoms with Gasteiger partial charge in [-0.15, -0.1) is 0 Å². The van der Waals surface area contributed by atoms with E-state index in [1.54, 1.807) is 111 Å². The lowest BCUT2D eigenvalue weighted by Crippen LogP contribution is -2.45. The fourth-order valence-corrected chi connectivity index (χ4v) is 17.8. The van der Waals surface area contributed by atoms with Gasteiger partial charge in [0.05, 0.1) is 93.6 Å². The number of hydrogen-bond donors (Lipinski definition) is 4. The molecule has 7 aromatic carbocycles. The Labute approximate surface area is 717 Å². The molecule has 124 heavy (non-hydrogen) atoms. The highest BCUT2D eigenvalue weighted by Gasteiger charge is 2.30. The first-order valence-electron chi connectivity index (χ1n) is 41.9. The first kappa shape index (κ1) is 83.8. The lowest BCUT2D eigenvalue weighted by Gasteiger charge is -2.34. The summed E-state index contributed by atoms with van der Waals surface area (Å²) in [5, 5.41) is 26.2. The van der Waals surface area contributed by atoms with Crippen LogP contribution in [0.5, 0.6) is 0 Å². The highest BCUT2D eigenvalue weighted by molar-refractivity contribution is 7.89. The summed E-state index contributed by atoms with van der Waals surface area (Å²) in [6.07, 6.45) is 15.5. The number of hydrogen-bond acceptors (Lipinski definition) is 19. The van der Waals surface area contributed by atoms with E-state index in [2.05, 4.69) is 73.1 Å². The number of amides is 3. The summed E-state index contributed by atoms with van der Waals surface area (Å²) in [4.78, 5) is 108. The van der Waals surface area contributed by atoms with Crippen molar-refractivity contribution in [2.45, 2.75) is 104 Å². The van der Waals surface area contributed by atoms with E-state index in [9.17, 15) is 37.2 Å². The van der Waals surface area contributed by atoms with Gasteiger partial charge in [0.15, 0.2) is 21.1 Å². The number of piperazine rings is 1. The van der Waals surface area contributed by atoms with E-state index in [0.717, 1.165) is 83.6 Å². The first-order valence-corrected chi connectivity index (χ1v) is 44.0. The number of ether oxygens (including phenoxy) is 1. The van der Waals surface area contributed by atoms with Gasteiger partial charge in [-0.2, -0.15) is 10.2 Å². The SMILES string of the molecule is Cc1ncc(-c2cccc(CS(C)(=O)=O)c2)nc1C(=O)N[C@@H](C)c1cc2cccc(N3CCOCC3)c2c(=O)n1-c1ccccc1.Cc1nn2cccnc2c1C(=O)N[C@@H](C)c1cc2cccc(N3CCN(C)CC3)c2c(=O)n1-c1ccccc1.Cc1nn2cccnc2c1C(=O)N[C@@H](C)c1cc2cccc(NC3CCCCC3)c2c(=O)n1-c1ccccc1. The molecule has 3 amide bonds. The summed E-state index contributed by atoms with van der Waals surface area (Å²) in [5.41, 5.74) is 11.8. The molecule has 18 rings (SSSR count). The number of fused-ring (bicyclic) bond motifs is 5. The number of sulfone groups is 1. The number of aromatic nitrogens is 11. The first-order chi connectivity index (χ1) is 60.0. The van der Waals surface area contributed by atoms with Crippen LogP contribution in [0.3, 0.4) is 0 Å². The van der Waals surface area contributed by atoms with Gasteiger partial charge < -0.3 is 40.7 Å². The van der Waals surface area contributed by atoms with Gasteiger partial charge in [0, 0.05) is 122 Å². The average Bonchev–Trinajstić information content (AvgIpc) is 0.883. The van der Waals surface area contributed by atoms with Crippen LogP contribution in [0.2, 0.25) is 0 Å². The van der Waals surface area contributed by atoms with Crippen LogP contribution in [-0.2, 0) is 20.3 Å². The van der Waals surface area contributed by atoms with E-state index in [-0.39, 0.29) is 39.9 Å². The van der Waals surface area contributed by atoms with Crippen LogP contribution in [0.1, 0.15) is 142 Å². The molecule has 8 aromatic heterocycles. The maximum absolute atomic E-state index is 14.4. The number of aryl methyl sites for hydroxylation is 3. The molecule has 2 saturated heterocycles. The number of rotatable bonds is 19. The number of morpholine rings is 1. The summed E-state index contributed by atoms with van der Waals surface area (Å²) in [5.74, 6) is -1.12. The van der Waals surface area contributed by atoms with Gasteiger partial charge in [-0.1, -0.05) is 128 Å². The van der Waals surface area contributed by atoms with Crippen molar-refractivity contribution in [3.05, 3.63) is 319 Å². The number of pyridine rings is 3. The number of para-hydroxylation sites is 3. The molecule has 1 saturated carbocycles. The molecule has 3 atom stereocenters. The summed E-state index contributed by atoms with van der Waals surface area (Å²) in [7, 11) is -1.10. The lowest BCUT2D eigenvalue weighted by molar-refractivity contribution is 0.0926. The van der Waals surface area contributed by atoms with Crippen LogP contribution in [-0.4, -0.2) is 156 Å². The Hall–Kier alpha value is -13.8. The maximum atomic E-state index is 14.4. The van der Waals surface area contributed by atoms with Crippen molar-refractivity contribution in [3.8, 4) is 28.3 Å². The van der Waals surface area contributed by atoms with Crippen LogP contribution >= 0.6 is 0 Å². The van der Waals surface area contributed by atoms with Crippen molar-refractivity contribution in [1.82, 2.24) is 73.7 Å². The second-order valence-electron chi connectivity index (χ2n) is 32.0. The van der Waals surface area contributed by atoms with E-state index in [1.807, 2.05) is 185 Å². The topological polar surface area (TPSA) is 305 Å². The molecule has 0 bridgehead atoms. The highest BCUT2D eigenvalue weighted by Crippen LogP contribution is 2.35. The standard InChI is InChI=1S/C35H35N5O5S.C31H32N6O2.C30H31N7O2/c1-23(37-34(41)33-24(2)36-21-29(38-33)26-10-7-9-25(19-26)22-46(3,43)44)31-20-27-11-8-14-30(39-15-17-45-18-16-39)32(27)35(42)40(31)28-12-5-4-6-13-28;1-20(33-30(38)27-21(2)35-36-18-10-17-32-29(27)36)26-19-22-11-9-16-25(34-23-12-5-3-6-13-23)28(22)31(39)37(26)24-14-7-4-8-15-24;1-20(32-29(38)26-21(2)33-36-14-8-13-31-28(26)36)25-19-22-9-7-12-24(35-17-15-34(3)16-18-35)27(22)30(39)37(25)23-10-5-4-6-11-23/h4-14,19-21,23H,15-18,22H2,1-3H3,(H,37,41);4,7-11,14-20,23,34H,3,5-6,12-13H2,1-2H3,(H,33,38);4-14,19-20H,15-18H2,1-3H3,(H,32,38)/t23-;2*20-/m000/s1. The Morgan fingerprint density at radius 3 is 1.41 bits per heavy atom. The Bertz CT molecular complexity index is 6840. The van der Waals surface area contributed by atoms with E-state index in [1.165, 1.54) is 25.5 Å². The quantitative estimate of drug-likeness (QED) is 0.0584. The fraction of sp³-hybridized carbons (Fsp3) is 0.271. The number of nitrogens with one attached hydrogen (secondary N) is 4. The Morgan fingerprint density at radius 1 is 0.484 bits per heavy atom. The zero-order valence-corrected chi connectivity index (χ0v) is 71.3. The average molecular weight is 1680 g/mol. The zero-order chi connectivity index (χ0) is 86.5. The van der Waals surface area contributed by atoms with Crippen molar-refractivity contribution in [1.29, 1.82) is 0 Å². The Kier molecular flexibility index (Phi) is 24.6. The molecular weight excluding hydrogens is 1580 g/mol. The van der Waals surface area contributed by atoms with Crippen LogP contribution in [0, 0.1) is 20.8 Å². The summed E-state index contributed by atoms with van der Waals surface area (Å²) in [6.45, 7) is 17.1. The second-order valence-corrected chi connectivity index (χ2v) is 34.1. The Morgan fingerprint density at radius 2 is 0.927 bits per heavy atom. The summed E-state index contributed by atoms with van der Waals surface area (Å²) >= 11 is 0. The predicted octanol–water partition coefficient (Wildman–Crippen LogP) is 13.8. The smallest absolute Gasteiger partial charge is 0.272 e. The second kappa shape index (κ2) is 36.5. The Balaban J connectivity index is 0.000000138. The molecule has 3 aliphatic rings. The fourth-order valence-electron chi connectivity index (χ4n) is 17.0. The largest absolute Gasteiger partial charge is 0.382 e. The number of carbonyl (C=O) groups excluding carboxylic acids is 3. The minimum absolute atomic E-state index is 0.0989. The highest BCUT2D eigenvalue weighted by atomic mass is 32.2. The zero-order valence-electron chi connectivity index (χ0n) is 70.5. The molecule has 632 valence electrons. The van der Waals surface area contributed by atoms with Gasteiger partial charge in [-0.3, -0.25) is 47.5 Å². The number of benzene rings is 7. The van der Waals surface area contributed by atoms with Gasteiger partial charge in [0.2, 0.25) is 0 Å². The third-order valence-corrected chi connectivity index (χ3v) is 24.0. The van der Waals surface area contributed by atoms with Crippen molar-refractivity contribution in [3.63, 3.8) is 0 Å². The molecule has 2 aliphatic heterocycles. The number of anilines is 3. The third kappa shape index (κ3) is 17.8. The van der Waals surface area contributed by atoms with Crippen molar-refractivity contribution < 1.29 is 27.5 Å². The van der Waals surface area contributed by atoms with E-state index >= 15 is 0 Å². The molecule has 0 radical (unpaired) electrons. The number of nitrogens with zero attached hydrogens (tertiary/aromatic N) is 14. The molecule has 3 fully saturated rings. The molecular formula is C96H98N18O9S. The monoisotopic (exact) mass is 1680 g/mol.